The lowest BCUT2D eigenvalue weighted by molar-refractivity contribution is 0.102. The van der Waals surface area contributed by atoms with Crippen molar-refractivity contribution >= 4 is 17.5 Å². The molecule has 1 fully saturated rings. The standard InChI is InChI=1S/C25H33N5O2S/c1-17-8-5-6-10-22(17)30-24(20-9-7-11-26-15-20)27-28-25(30)33-16-23(31)21-14-18(2)29(19(21)3)12-13-32-4/h7,9,11,14-15,17,22H,5-6,8,10,12-13,16H2,1-4H3. The molecule has 8 heteroatoms. The summed E-state index contributed by atoms with van der Waals surface area (Å²) in [7, 11) is 1.69. The summed E-state index contributed by atoms with van der Waals surface area (Å²) in [6.07, 6.45) is 8.38. The van der Waals surface area contributed by atoms with E-state index < -0.39 is 0 Å². The number of pyridine rings is 1. The molecule has 1 aliphatic rings. The Morgan fingerprint density at radius 1 is 1.24 bits per heavy atom. The molecule has 2 atom stereocenters. The fourth-order valence-electron chi connectivity index (χ4n) is 4.86. The van der Waals surface area contributed by atoms with E-state index in [1.54, 1.807) is 13.3 Å². The van der Waals surface area contributed by atoms with Crippen LogP contribution in [0.15, 0.2) is 35.7 Å². The average molecular weight is 468 g/mol. The molecule has 3 heterocycles. The summed E-state index contributed by atoms with van der Waals surface area (Å²) in [4.78, 5) is 17.5. The van der Waals surface area contributed by atoms with E-state index >= 15 is 0 Å². The number of ketones is 1. The van der Waals surface area contributed by atoms with Gasteiger partial charge in [0.2, 0.25) is 0 Å². The van der Waals surface area contributed by atoms with Gasteiger partial charge in [-0.05, 0) is 50.8 Å². The minimum atomic E-state index is 0.117. The van der Waals surface area contributed by atoms with Gasteiger partial charge in [-0.25, -0.2) is 0 Å². The minimum absolute atomic E-state index is 0.117. The zero-order valence-corrected chi connectivity index (χ0v) is 20.8. The van der Waals surface area contributed by atoms with E-state index in [0.717, 1.165) is 46.5 Å². The van der Waals surface area contributed by atoms with Crippen molar-refractivity contribution in [2.75, 3.05) is 19.5 Å². The molecule has 0 amide bonds. The summed E-state index contributed by atoms with van der Waals surface area (Å²) in [5, 5.41) is 9.88. The van der Waals surface area contributed by atoms with Gasteiger partial charge in [-0.1, -0.05) is 31.5 Å². The molecule has 0 aromatic carbocycles. The van der Waals surface area contributed by atoms with E-state index in [4.69, 9.17) is 4.74 Å². The van der Waals surface area contributed by atoms with Gasteiger partial charge in [-0.2, -0.15) is 0 Å². The second-order valence-electron chi connectivity index (χ2n) is 8.89. The first-order valence-electron chi connectivity index (χ1n) is 11.7. The lowest BCUT2D eigenvalue weighted by Crippen LogP contribution is -2.22. The van der Waals surface area contributed by atoms with Gasteiger partial charge in [0.1, 0.15) is 0 Å². The predicted octanol–water partition coefficient (Wildman–Crippen LogP) is 5.13. The summed E-state index contributed by atoms with van der Waals surface area (Å²) in [6, 6.07) is 6.27. The molecule has 0 N–H and O–H groups in total. The molecule has 0 bridgehead atoms. The van der Waals surface area contributed by atoms with Crippen LogP contribution in [0.2, 0.25) is 0 Å². The lowest BCUT2D eigenvalue weighted by atomic mass is 9.85. The largest absolute Gasteiger partial charge is 0.383 e. The van der Waals surface area contributed by atoms with Gasteiger partial charge in [0.05, 0.1) is 12.4 Å². The van der Waals surface area contributed by atoms with E-state index in [9.17, 15) is 4.79 Å². The molecular weight excluding hydrogens is 434 g/mol. The van der Waals surface area contributed by atoms with Crippen LogP contribution in [0.1, 0.15) is 60.4 Å². The molecule has 1 saturated carbocycles. The molecule has 3 aromatic heterocycles. The Balaban J connectivity index is 1.58. The highest BCUT2D eigenvalue weighted by Crippen LogP contribution is 2.39. The van der Waals surface area contributed by atoms with Crippen LogP contribution < -0.4 is 0 Å². The fraction of sp³-hybridized carbons (Fsp3) is 0.520. The Labute approximate surface area is 200 Å². The van der Waals surface area contributed by atoms with Gasteiger partial charge >= 0.3 is 0 Å². The number of thioether (sulfide) groups is 1. The second kappa shape index (κ2) is 10.7. The quantitative estimate of drug-likeness (QED) is 0.321. The molecule has 33 heavy (non-hydrogen) atoms. The smallest absolute Gasteiger partial charge is 0.192 e. The molecule has 3 aromatic rings. The summed E-state index contributed by atoms with van der Waals surface area (Å²) in [5.41, 5.74) is 3.81. The fourth-order valence-corrected chi connectivity index (χ4v) is 5.74. The highest BCUT2D eigenvalue weighted by molar-refractivity contribution is 7.99. The van der Waals surface area contributed by atoms with Gasteiger partial charge in [0.25, 0.3) is 0 Å². The zero-order valence-electron chi connectivity index (χ0n) is 20.0. The number of nitrogens with zero attached hydrogens (tertiary/aromatic N) is 5. The molecular formula is C25H33N5O2S. The number of carbonyl (C=O) groups excluding carboxylic acids is 1. The van der Waals surface area contributed by atoms with Crippen LogP contribution in [0.25, 0.3) is 11.4 Å². The Morgan fingerprint density at radius 2 is 2.06 bits per heavy atom. The predicted molar refractivity (Wildman–Crippen MR) is 131 cm³/mol. The molecule has 7 nitrogen and oxygen atoms in total. The van der Waals surface area contributed by atoms with Crippen LogP contribution in [-0.2, 0) is 11.3 Å². The Hall–Kier alpha value is -2.45. The topological polar surface area (TPSA) is 74.8 Å². The summed E-state index contributed by atoms with van der Waals surface area (Å²) >= 11 is 1.49. The van der Waals surface area contributed by atoms with Gasteiger partial charge in [-0.15, -0.1) is 10.2 Å². The Bertz CT molecular complexity index is 1090. The first-order valence-corrected chi connectivity index (χ1v) is 12.7. The number of hydrogen-bond donors (Lipinski definition) is 0. The van der Waals surface area contributed by atoms with E-state index in [1.807, 2.05) is 38.2 Å². The number of rotatable bonds is 9. The molecule has 4 rings (SSSR count). The highest BCUT2D eigenvalue weighted by Gasteiger charge is 2.29. The molecule has 0 radical (unpaired) electrons. The first-order chi connectivity index (χ1) is 16.0. The maximum absolute atomic E-state index is 13.2. The number of ether oxygens (including phenoxy) is 1. The molecule has 2 unspecified atom stereocenters. The number of methoxy groups -OCH3 is 1. The lowest BCUT2D eigenvalue weighted by Gasteiger charge is -2.31. The monoisotopic (exact) mass is 467 g/mol. The maximum Gasteiger partial charge on any atom is 0.192 e. The van der Waals surface area contributed by atoms with Crippen molar-refractivity contribution in [2.24, 2.45) is 5.92 Å². The van der Waals surface area contributed by atoms with Crippen molar-refractivity contribution in [3.05, 3.63) is 47.5 Å². The summed E-state index contributed by atoms with van der Waals surface area (Å²) < 4.78 is 9.63. The van der Waals surface area contributed by atoms with Crippen LogP contribution in [0.4, 0.5) is 0 Å². The van der Waals surface area contributed by atoms with Crippen LogP contribution in [0.5, 0.6) is 0 Å². The molecule has 0 saturated heterocycles. The van der Waals surface area contributed by atoms with Crippen LogP contribution in [0, 0.1) is 19.8 Å². The van der Waals surface area contributed by atoms with Gasteiger partial charge in [-0.3, -0.25) is 14.3 Å². The Kier molecular flexibility index (Phi) is 7.65. The van der Waals surface area contributed by atoms with Gasteiger partial charge < -0.3 is 9.30 Å². The third-order valence-corrected chi connectivity index (χ3v) is 7.65. The van der Waals surface area contributed by atoms with Crippen molar-refractivity contribution < 1.29 is 9.53 Å². The van der Waals surface area contributed by atoms with Crippen molar-refractivity contribution in [3.8, 4) is 11.4 Å². The van der Waals surface area contributed by atoms with Crippen LogP contribution in [-0.4, -0.2) is 49.6 Å². The van der Waals surface area contributed by atoms with Gasteiger partial charge in [0, 0.05) is 54.6 Å². The second-order valence-corrected chi connectivity index (χ2v) is 9.83. The minimum Gasteiger partial charge on any atom is -0.383 e. The van der Waals surface area contributed by atoms with Crippen molar-refractivity contribution in [1.82, 2.24) is 24.3 Å². The average Bonchev–Trinajstić information content (AvgIpc) is 3.37. The molecule has 0 spiro atoms. The van der Waals surface area contributed by atoms with Crippen molar-refractivity contribution in [2.45, 2.75) is 64.2 Å². The van der Waals surface area contributed by atoms with E-state index in [0.29, 0.717) is 24.3 Å². The number of carbonyl (C=O) groups is 1. The molecule has 176 valence electrons. The van der Waals surface area contributed by atoms with Crippen molar-refractivity contribution in [3.63, 3.8) is 0 Å². The van der Waals surface area contributed by atoms with Crippen LogP contribution >= 0.6 is 11.8 Å². The number of Topliss-reactive ketones (excluding diaryl/α,β-unsaturated/α-hetero) is 1. The first kappa shape index (κ1) is 23.7. The third kappa shape index (κ3) is 5.06. The maximum atomic E-state index is 13.2. The number of aromatic nitrogens is 5. The van der Waals surface area contributed by atoms with Crippen molar-refractivity contribution in [1.29, 1.82) is 0 Å². The Morgan fingerprint density at radius 3 is 2.79 bits per heavy atom. The normalized spacial score (nSPS) is 18.5. The molecule has 1 aliphatic carbocycles. The third-order valence-electron chi connectivity index (χ3n) is 6.71. The SMILES string of the molecule is COCCn1c(C)cc(C(=O)CSc2nnc(-c3cccnc3)n2C2CCCCC2C)c1C. The van der Waals surface area contributed by atoms with E-state index in [2.05, 4.69) is 31.2 Å². The molecule has 0 aliphatic heterocycles. The number of hydrogen-bond acceptors (Lipinski definition) is 6. The summed E-state index contributed by atoms with van der Waals surface area (Å²) in [5.74, 6) is 1.83. The van der Waals surface area contributed by atoms with Crippen LogP contribution in [0.3, 0.4) is 0 Å². The van der Waals surface area contributed by atoms with E-state index in [1.165, 1.54) is 31.0 Å². The van der Waals surface area contributed by atoms with E-state index in [-0.39, 0.29) is 5.78 Å². The number of aryl methyl sites for hydroxylation is 1. The highest BCUT2D eigenvalue weighted by atomic mass is 32.2. The summed E-state index contributed by atoms with van der Waals surface area (Å²) in [6.45, 7) is 7.72. The van der Waals surface area contributed by atoms with Gasteiger partial charge in [0.15, 0.2) is 16.8 Å². The zero-order chi connectivity index (χ0) is 23.4.